The van der Waals surface area contributed by atoms with E-state index >= 15 is 0 Å². The molecule has 1 aliphatic rings. The normalized spacial score (nSPS) is 15.9. The van der Waals surface area contributed by atoms with Crippen LogP contribution in [-0.2, 0) is 4.84 Å². The molecule has 3 heterocycles. The molecular weight excluding hydrogens is 368 g/mol. The third-order valence-electron chi connectivity index (χ3n) is 4.84. The zero-order valence-electron chi connectivity index (χ0n) is 16.4. The van der Waals surface area contributed by atoms with Gasteiger partial charge in [-0.05, 0) is 50.5 Å². The first-order valence-corrected chi connectivity index (χ1v) is 9.80. The molecule has 0 amide bonds. The highest BCUT2D eigenvalue weighted by atomic mass is 16.6. The van der Waals surface area contributed by atoms with Crippen LogP contribution in [0.4, 0.5) is 5.82 Å². The Labute approximate surface area is 169 Å². The first-order valence-electron chi connectivity index (χ1n) is 9.80. The highest BCUT2D eigenvalue weighted by Gasteiger charge is 2.17. The first-order chi connectivity index (χ1) is 14.2. The van der Waals surface area contributed by atoms with Crippen LogP contribution in [0.5, 0.6) is 0 Å². The molecule has 8 heteroatoms. The molecule has 1 saturated heterocycles. The number of pyridine rings is 1. The number of amidine groups is 1. The van der Waals surface area contributed by atoms with Gasteiger partial charge in [0.05, 0.1) is 0 Å². The number of hydrogen-bond donors (Lipinski definition) is 1. The molecule has 1 fully saturated rings. The fraction of sp³-hybridized carbons (Fsp3) is 0.333. The van der Waals surface area contributed by atoms with Crippen molar-refractivity contribution < 1.29 is 9.25 Å². The van der Waals surface area contributed by atoms with Crippen LogP contribution in [0.3, 0.4) is 0 Å². The molecular formula is C21H24N6O2. The summed E-state index contributed by atoms with van der Waals surface area (Å²) in [7, 11) is 0. The van der Waals surface area contributed by atoms with Gasteiger partial charge in [0.1, 0.15) is 5.82 Å². The number of benzene rings is 1. The maximum atomic E-state index is 6.05. The lowest BCUT2D eigenvalue weighted by Crippen LogP contribution is -2.30. The molecule has 0 bridgehead atoms. The van der Waals surface area contributed by atoms with E-state index in [-0.39, 0.29) is 5.84 Å². The molecule has 1 aliphatic heterocycles. The molecule has 1 atom stereocenters. The topological polar surface area (TPSA) is 103 Å². The number of aromatic nitrogens is 3. The minimum absolute atomic E-state index is 0.248. The summed E-state index contributed by atoms with van der Waals surface area (Å²) < 4.78 is 5.68. The van der Waals surface area contributed by atoms with E-state index in [4.69, 9.17) is 15.0 Å². The van der Waals surface area contributed by atoms with Crippen molar-refractivity contribution in [2.75, 3.05) is 18.0 Å². The van der Waals surface area contributed by atoms with Gasteiger partial charge in [-0.3, -0.25) is 0 Å². The van der Waals surface area contributed by atoms with Crippen LogP contribution in [0.25, 0.3) is 11.5 Å². The molecule has 1 unspecified atom stereocenters. The number of hydrogen-bond acceptors (Lipinski definition) is 7. The average molecular weight is 392 g/mol. The zero-order chi connectivity index (χ0) is 20.1. The van der Waals surface area contributed by atoms with Crippen LogP contribution in [-0.4, -0.2) is 34.1 Å². The van der Waals surface area contributed by atoms with E-state index < -0.39 is 6.10 Å². The molecule has 1 aromatic carbocycles. The Balaban J connectivity index is 1.38. The smallest absolute Gasteiger partial charge is 0.259 e. The Morgan fingerprint density at radius 3 is 2.62 bits per heavy atom. The van der Waals surface area contributed by atoms with Crippen LogP contribution >= 0.6 is 0 Å². The summed E-state index contributed by atoms with van der Waals surface area (Å²) in [5.41, 5.74) is 7.60. The molecule has 2 N–H and O–H groups in total. The fourth-order valence-corrected chi connectivity index (χ4v) is 3.18. The molecule has 8 nitrogen and oxygen atoms in total. The third-order valence-corrected chi connectivity index (χ3v) is 4.84. The molecule has 0 radical (unpaired) electrons. The van der Waals surface area contributed by atoms with Gasteiger partial charge < -0.3 is 19.9 Å². The third kappa shape index (κ3) is 4.53. The largest absolute Gasteiger partial charge is 0.417 e. The van der Waals surface area contributed by atoms with Crippen molar-refractivity contribution >= 4 is 11.7 Å². The van der Waals surface area contributed by atoms with E-state index in [1.807, 2.05) is 42.5 Å². The summed E-state index contributed by atoms with van der Waals surface area (Å²) >= 11 is 0. The van der Waals surface area contributed by atoms with Gasteiger partial charge >= 0.3 is 0 Å². The molecule has 0 saturated carbocycles. The van der Waals surface area contributed by atoms with E-state index in [1.54, 1.807) is 13.1 Å². The maximum Gasteiger partial charge on any atom is 0.259 e. The number of piperidine rings is 1. The van der Waals surface area contributed by atoms with Gasteiger partial charge in [-0.15, -0.1) is 10.2 Å². The van der Waals surface area contributed by atoms with Crippen molar-refractivity contribution in [3.63, 3.8) is 0 Å². The molecule has 29 heavy (non-hydrogen) atoms. The van der Waals surface area contributed by atoms with Gasteiger partial charge in [0, 0.05) is 30.4 Å². The number of nitrogens with zero attached hydrogens (tertiary/aromatic N) is 5. The Bertz CT molecular complexity index is 949. The van der Waals surface area contributed by atoms with Gasteiger partial charge in [-0.2, -0.15) is 0 Å². The quantitative estimate of drug-likeness (QED) is 0.389. The van der Waals surface area contributed by atoms with Crippen molar-refractivity contribution in [2.24, 2.45) is 10.9 Å². The molecule has 0 aliphatic carbocycles. The van der Waals surface area contributed by atoms with E-state index in [1.165, 1.54) is 19.3 Å². The number of rotatable bonds is 6. The van der Waals surface area contributed by atoms with Crippen molar-refractivity contribution in [2.45, 2.75) is 32.3 Å². The summed E-state index contributed by atoms with van der Waals surface area (Å²) in [5, 5.41) is 12.1. The van der Waals surface area contributed by atoms with Crippen molar-refractivity contribution in [3.8, 4) is 11.5 Å². The first kappa shape index (κ1) is 18.9. The second kappa shape index (κ2) is 8.72. The predicted octanol–water partition coefficient (Wildman–Crippen LogP) is 3.52. The molecule has 0 spiro atoms. The minimum Gasteiger partial charge on any atom is -0.417 e. The van der Waals surface area contributed by atoms with Crippen molar-refractivity contribution in [3.05, 3.63) is 60.1 Å². The average Bonchev–Trinajstić information content (AvgIpc) is 3.29. The lowest BCUT2D eigenvalue weighted by Gasteiger charge is -2.27. The summed E-state index contributed by atoms with van der Waals surface area (Å²) in [6.07, 6.45) is 4.90. The van der Waals surface area contributed by atoms with Gasteiger partial charge in [0.15, 0.2) is 5.84 Å². The zero-order valence-corrected chi connectivity index (χ0v) is 16.4. The molecule has 4 rings (SSSR count). The van der Waals surface area contributed by atoms with E-state index in [2.05, 4.69) is 25.2 Å². The predicted molar refractivity (Wildman–Crippen MR) is 110 cm³/mol. The lowest BCUT2D eigenvalue weighted by atomic mass is 10.1. The lowest BCUT2D eigenvalue weighted by molar-refractivity contribution is 0.0526. The standard InChI is InChI=1S/C21H24N6O2/c1-15(20-24-25-21(28-20)16-8-4-2-5-9-16)29-26-19(22)17-10-11-18(23-14-17)27-12-6-3-7-13-27/h2,4-5,8-11,14-15H,3,6-7,12-13H2,1H3,(H2,22,26). The highest BCUT2D eigenvalue weighted by molar-refractivity contribution is 5.96. The number of nitrogens with two attached hydrogens (primary N) is 1. The number of anilines is 1. The van der Waals surface area contributed by atoms with Crippen LogP contribution in [0, 0.1) is 0 Å². The summed E-state index contributed by atoms with van der Waals surface area (Å²) in [6.45, 7) is 3.87. The summed E-state index contributed by atoms with van der Waals surface area (Å²) in [4.78, 5) is 12.3. The second-order valence-corrected chi connectivity index (χ2v) is 6.99. The van der Waals surface area contributed by atoms with Crippen LogP contribution in [0.2, 0.25) is 0 Å². The van der Waals surface area contributed by atoms with Crippen LogP contribution < -0.4 is 10.6 Å². The summed E-state index contributed by atoms with van der Waals surface area (Å²) in [5.74, 6) is 1.98. The Morgan fingerprint density at radius 2 is 1.90 bits per heavy atom. The van der Waals surface area contributed by atoms with E-state index in [0.717, 1.165) is 24.5 Å². The van der Waals surface area contributed by atoms with E-state index in [0.29, 0.717) is 17.3 Å². The number of oxime groups is 1. The van der Waals surface area contributed by atoms with Gasteiger partial charge in [0.25, 0.3) is 5.89 Å². The van der Waals surface area contributed by atoms with Gasteiger partial charge in [-0.25, -0.2) is 4.98 Å². The minimum atomic E-state index is -0.529. The molecule has 2 aromatic heterocycles. The second-order valence-electron chi connectivity index (χ2n) is 6.99. The SMILES string of the molecule is CC(ON=C(N)c1ccc(N2CCCCC2)nc1)c1nnc(-c2ccccc2)o1. The Hall–Kier alpha value is -3.42. The van der Waals surface area contributed by atoms with Crippen LogP contribution in [0.1, 0.15) is 43.7 Å². The van der Waals surface area contributed by atoms with Gasteiger partial charge in [-0.1, -0.05) is 23.4 Å². The Kier molecular flexibility index (Phi) is 5.69. The molecule has 3 aromatic rings. The van der Waals surface area contributed by atoms with Gasteiger partial charge in [0.2, 0.25) is 12.0 Å². The fourth-order valence-electron chi connectivity index (χ4n) is 3.18. The van der Waals surface area contributed by atoms with Crippen LogP contribution in [0.15, 0.2) is 58.2 Å². The Morgan fingerprint density at radius 1 is 1.10 bits per heavy atom. The maximum absolute atomic E-state index is 6.05. The van der Waals surface area contributed by atoms with Crippen molar-refractivity contribution in [1.82, 2.24) is 15.2 Å². The van der Waals surface area contributed by atoms with Crippen molar-refractivity contribution in [1.29, 1.82) is 0 Å². The monoisotopic (exact) mass is 392 g/mol. The highest BCUT2D eigenvalue weighted by Crippen LogP contribution is 2.22. The van der Waals surface area contributed by atoms with E-state index in [9.17, 15) is 0 Å². The molecule has 150 valence electrons. The summed E-state index contributed by atoms with van der Waals surface area (Å²) in [6, 6.07) is 13.4.